The number of aromatic nitrogens is 2. The largest absolute Gasteiger partial charge is 0.403 e. The van der Waals surface area contributed by atoms with Crippen molar-refractivity contribution in [1.29, 1.82) is 0 Å². The number of carbonyl (C=O) groups is 1. The van der Waals surface area contributed by atoms with Gasteiger partial charge in [-0.25, -0.2) is 0 Å². The van der Waals surface area contributed by atoms with Gasteiger partial charge in [0.2, 0.25) is 11.8 Å². The molecule has 29 heavy (non-hydrogen) atoms. The molecule has 1 amide bonds. The standard InChI is InChI=1S/C21H22ClN3O2S2/c1-14(2)29-18-6-3-5-15(13-18)20-24-25-21(27-20)23-19(26)7-4-12-28-17-10-8-16(22)9-11-17/h3,5-6,8-11,13-14H,4,7,12H2,1-2H3,(H,23,25,26). The molecule has 0 aliphatic heterocycles. The third-order valence-electron chi connectivity index (χ3n) is 3.75. The van der Waals surface area contributed by atoms with E-state index in [1.54, 1.807) is 23.5 Å². The lowest BCUT2D eigenvalue weighted by Crippen LogP contribution is -2.11. The Balaban J connectivity index is 1.47. The van der Waals surface area contributed by atoms with Gasteiger partial charge in [-0.2, -0.15) is 0 Å². The van der Waals surface area contributed by atoms with Crippen LogP contribution >= 0.6 is 35.1 Å². The normalized spacial score (nSPS) is 11.0. The average Bonchev–Trinajstić information content (AvgIpc) is 3.15. The monoisotopic (exact) mass is 447 g/mol. The van der Waals surface area contributed by atoms with Gasteiger partial charge in [0.05, 0.1) is 0 Å². The lowest BCUT2D eigenvalue weighted by Gasteiger charge is -2.05. The van der Waals surface area contributed by atoms with Crippen molar-refractivity contribution in [1.82, 2.24) is 10.2 Å². The molecule has 0 spiro atoms. The Morgan fingerprint density at radius 3 is 2.69 bits per heavy atom. The van der Waals surface area contributed by atoms with Gasteiger partial charge in [0.1, 0.15) is 0 Å². The molecule has 0 atom stereocenters. The van der Waals surface area contributed by atoms with Crippen molar-refractivity contribution in [2.75, 3.05) is 11.1 Å². The van der Waals surface area contributed by atoms with E-state index in [-0.39, 0.29) is 11.9 Å². The van der Waals surface area contributed by atoms with Crippen LogP contribution in [0.4, 0.5) is 6.01 Å². The Morgan fingerprint density at radius 1 is 1.14 bits per heavy atom. The summed E-state index contributed by atoms with van der Waals surface area (Å²) in [6.07, 6.45) is 1.13. The van der Waals surface area contributed by atoms with Crippen molar-refractivity contribution in [3.8, 4) is 11.5 Å². The fourth-order valence-corrected chi connectivity index (χ4v) is 4.38. The number of anilines is 1. The molecular weight excluding hydrogens is 426 g/mol. The summed E-state index contributed by atoms with van der Waals surface area (Å²) in [7, 11) is 0. The molecule has 2 aromatic carbocycles. The molecule has 8 heteroatoms. The van der Waals surface area contributed by atoms with E-state index >= 15 is 0 Å². The van der Waals surface area contributed by atoms with Crippen LogP contribution < -0.4 is 5.32 Å². The Hall–Kier alpha value is -1.96. The van der Waals surface area contributed by atoms with E-state index in [0.29, 0.717) is 17.6 Å². The maximum absolute atomic E-state index is 12.1. The zero-order chi connectivity index (χ0) is 20.6. The molecule has 3 rings (SSSR count). The third-order valence-corrected chi connectivity index (χ3v) is 6.10. The van der Waals surface area contributed by atoms with Crippen LogP contribution in [0.15, 0.2) is 62.7 Å². The summed E-state index contributed by atoms with van der Waals surface area (Å²) >= 11 is 9.34. The van der Waals surface area contributed by atoms with Gasteiger partial charge < -0.3 is 4.42 Å². The van der Waals surface area contributed by atoms with Crippen LogP contribution in [0.3, 0.4) is 0 Å². The smallest absolute Gasteiger partial charge is 0.322 e. The van der Waals surface area contributed by atoms with Crippen molar-refractivity contribution in [2.24, 2.45) is 0 Å². The first-order chi connectivity index (χ1) is 14.0. The molecule has 0 bridgehead atoms. The Bertz CT molecular complexity index is 945. The molecule has 1 heterocycles. The summed E-state index contributed by atoms with van der Waals surface area (Å²) in [5, 5.41) is 11.9. The Kier molecular flexibility index (Phi) is 8.03. The first kappa shape index (κ1) is 21.7. The van der Waals surface area contributed by atoms with E-state index in [1.807, 2.05) is 42.5 Å². The van der Waals surface area contributed by atoms with Crippen molar-refractivity contribution < 1.29 is 9.21 Å². The van der Waals surface area contributed by atoms with E-state index < -0.39 is 0 Å². The number of carbonyl (C=O) groups excluding carboxylic acids is 1. The summed E-state index contributed by atoms with van der Waals surface area (Å²) in [5.41, 5.74) is 0.836. The molecule has 0 saturated carbocycles. The summed E-state index contributed by atoms with van der Waals surface area (Å²) in [6, 6.07) is 15.7. The topological polar surface area (TPSA) is 68.0 Å². The zero-order valence-corrected chi connectivity index (χ0v) is 18.6. The Labute approximate surface area is 184 Å². The fraction of sp³-hybridized carbons (Fsp3) is 0.286. The maximum Gasteiger partial charge on any atom is 0.322 e. The summed E-state index contributed by atoms with van der Waals surface area (Å²) in [5.74, 6) is 1.09. The highest BCUT2D eigenvalue weighted by molar-refractivity contribution is 8.00. The lowest BCUT2D eigenvalue weighted by molar-refractivity contribution is -0.116. The highest BCUT2D eigenvalue weighted by Gasteiger charge is 2.12. The van der Waals surface area contributed by atoms with Gasteiger partial charge >= 0.3 is 6.01 Å². The molecule has 0 aliphatic carbocycles. The minimum atomic E-state index is -0.138. The SMILES string of the molecule is CC(C)Sc1cccc(-c2nnc(NC(=O)CCCSc3ccc(Cl)cc3)o2)c1. The number of hydrogen-bond acceptors (Lipinski definition) is 6. The second kappa shape index (κ2) is 10.7. The molecular formula is C21H22ClN3O2S2. The van der Waals surface area contributed by atoms with Crippen LogP contribution in [0.5, 0.6) is 0 Å². The highest BCUT2D eigenvalue weighted by atomic mass is 35.5. The predicted molar refractivity (Wildman–Crippen MR) is 121 cm³/mol. The van der Waals surface area contributed by atoms with Crippen LogP contribution in [-0.2, 0) is 4.79 Å². The summed E-state index contributed by atoms with van der Waals surface area (Å²) < 4.78 is 5.61. The minimum Gasteiger partial charge on any atom is -0.403 e. The average molecular weight is 448 g/mol. The number of nitrogens with zero attached hydrogens (tertiary/aromatic N) is 2. The molecule has 3 aromatic rings. The molecule has 0 radical (unpaired) electrons. The highest BCUT2D eigenvalue weighted by Crippen LogP contribution is 2.28. The first-order valence-corrected chi connectivity index (χ1v) is 11.5. The number of benzene rings is 2. The minimum absolute atomic E-state index is 0.122. The fourth-order valence-electron chi connectivity index (χ4n) is 2.50. The zero-order valence-electron chi connectivity index (χ0n) is 16.2. The van der Waals surface area contributed by atoms with E-state index in [9.17, 15) is 4.79 Å². The van der Waals surface area contributed by atoms with Crippen molar-refractivity contribution in [3.63, 3.8) is 0 Å². The lowest BCUT2D eigenvalue weighted by atomic mass is 10.2. The van der Waals surface area contributed by atoms with Gasteiger partial charge in [-0.3, -0.25) is 10.1 Å². The van der Waals surface area contributed by atoms with Crippen LogP contribution in [0.2, 0.25) is 5.02 Å². The summed E-state index contributed by atoms with van der Waals surface area (Å²) in [4.78, 5) is 14.4. The molecule has 0 aliphatic rings. The van der Waals surface area contributed by atoms with E-state index in [4.69, 9.17) is 16.0 Å². The Morgan fingerprint density at radius 2 is 1.93 bits per heavy atom. The molecule has 0 unspecified atom stereocenters. The van der Waals surface area contributed by atoms with Gasteiger partial charge in [0.25, 0.3) is 0 Å². The second-order valence-electron chi connectivity index (χ2n) is 6.56. The quantitative estimate of drug-likeness (QED) is 0.302. The molecule has 1 aromatic heterocycles. The second-order valence-corrected chi connectivity index (χ2v) is 9.82. The van der Waals surface area contributed by atoms with Gasteiger partial charge in [0, 0.05) is 32.0 Å². The van der Waals surface area contributed by atoms with E-state index in [1.165, 1.54) is 0 Å². The predicted octanol–water partition coefficient (Wildman–Crippen LogP) is 6.40. The number of thioether (sulfide) groups is 2. The van der Waals surface area contributed by atoms with Gasteiger partial charge in [-0.05, 0) is 54.6 Å². The number of nitrogens with one attached hydrogen (secondary N) is 1. The van der Waals surface area contributed by atoms with Crippen molar-refractivity contribution in [2.45, 2.75) is 41.7 Å². The number of halogens is 1. The van der Waals surface area contributed by atoms with Crippen LogP contribution in [-0.4, -0.2) is 27.1 Å². The number of amides is 1. The van der Waals surface area contributed by atoms with E-state index in [0.717, 1.165) is 32.6 Å². The molecule has 5 nitrogen and oxygen atoms in total. The molecule has 0 fully saturated rings. The van der Waals surface area contributed by atoms with Crippen LogP contribution in [0.25, 0.3) is 11.5 Å². The van der Waals surface area contributed by atoms with E-state index in [2.05, 4.69) is 35.4 Å². The van der Waals surface area contributed by atoms with Crippen molar-refractivity contribution in [3.05, 3.63) is 53.6 Å². The third kappa shape index (κ3) is 7.10. The van der Waals surface area contributed by atoms with Gasteiger partial charge in [-0.1, -0.05) is 36.6 Å². The van der Waals surface area contributed by atoms with Gasteiger partial charge in [-0.15, -0.1) is 28.6 Å². The number of rotatable bonds is 9. The van der Waals surface area contributed by atoms with Crippen LogP contribution in [0.1, 0.15) is 26.7 Å². The van der Waals surface area contributed by atoms with Crippen LogP contribution in [0, 0.1) is 0 Å². The number of hydrogen-bond donors (Lipinski definition) is 1. The first-order valence-electron chi connectivity index (χ1n) is 9.28. The van der Waals surface area contributed by atoms with Crippen molar-refractivity contribution >= 4 is 47.0 Å². The molecule has 1 N–H and O–H groups in total. The summed E-state index contributed by atoms with van der Waals surface area (Å²) in [6.45, 7) is 4.29. The maximum atomic E-state index is 12.1. The molecule has 152 valence electrons. The molecule has 0 saturated heterocycles. The van der Waals surface area contributed by atoms with Gasteiger partial charge in [0.15, 0.2) is 0 Å².